The summed E-state index contributed by atoms with van der Waals surface area (Å²) in [5.41, 5.74) is 0. The van der Waals surface area contributed by atoms with Gasteiger partial charge >= 0.3 is 0 Å². The molecule has 3 fully saturated rings. The third kappa shape index (κ3) is 2.26. The van der Waals surface area contributed by atoms with Crippen LogP contribution < -0.4 is 0 Å². The van der Waals surface area contributed by atoms with E-state index in [0.717, 1.165) is 31.4 Å². The summed E-state index contributed by atoms with van der Waals surface area (Å²) in [6, 6.07) is 0. The van der Waals surface area contributed by atoms with Crippen LogP contribution in [0, 0.1) is 11.8 Å². The minimum Gasteiger partial charge on any atom is -0.392 e. The maximum Gasteiger partial charge on any atom is 0.0682 e. The zero-order valence-electron chi connectivity index (χ0n) is 9.68. The minimum atomic E-state index is -0.0531. The molecule has 0 aliphatic carbocycles. The summed E-state index contributed by atoms with van der Waals surface area (Å²) in [7, 11) is 0. The van der Waals surface area contributed by atoms with Gasteiger partial charge in [0.2, 0.25) is 0 Å². The SMILES string of the molecule is OC1CSC2CN(CC3CCCOC3)CC12. The first-order chi connectivity index (χ1) is 7.83. The summed E-state index contributed by atoms with van der Waals surface area (Å²) in [5.74, 6) is 2.22. The van der Waals surface area contributed by atoms with Crippen LogP contribution in [0.25, 0.3) is 0 Å². The largest absolute Gasteiger partial charge is 0.392 e. The first-order valence-corrected chi connectivity index (χ1v) is 7.47. The predicted molar refractivity (Wildman–Crippen MR) is 65.7 cm³/mol. The molecule has 0 radical (unpaired) electrons. The van der Waals surface area contributed by atoms with Crippen molar-refractivity contribution in [3.05, 3.63) is 0 Å². The van der Waals surface area contributed by atoms with Gasteiger partial charge in [0, 0.05) is 43.2 Å². The highest BCUT2D eigenvalue weighted by Crippen LogP contribution is 2.38. The molecular weight excluding hydrogens is 222 g/mol. The summed E-state index contributed by atoms with van der Waals surface area (Å²) in [4.78, 5) is 2.55. The molecule has 3 nitrogen and oxygen atoms in total. The fourth-order valence-electron chi connectivity index (χ4n) is 3.24. The van der Waals surface area contributed by atoms with Crippen LogP contribution >= 0.6 is 11.8 Å². The Bertz CT molecular complexity index is 245. The van der Waals surface area contributed by atoms with Crippen LogP contribution in [0.3, 0.4) is 0 Å². The zero-order valence-corrected chi connectivity index (χ0v) is 10.5. The Morgan fingerprint density at radius 2 is 2.31 bits per heavy atom. The maximum atomic E-state index is 9.85. The van der Waals surface area contributed by atoms with Crippen molar-refractivity contribution in [2.45, 2.75) is 24.2 Å². The number of fused-ring (bicyclic) bond motifs is 1. The monoisotopic (exact) mass is 243 g/mol. The molecule has 0 amide bonds. The summed E-state index contributed by atoms with van der Waals surface area (Å²) < 4.78 is 5.53. The smallest absolute Gasteiger partial charge is 0.0682 e. The lowest BCUT2D eigenvalue weighted by Gasteiger charge is -2.27. The average Bonchev–Trinajstić information content (AvgIpc) is 2.83. The van der Waals surface area contributed by atoms with Crippen molar-refractivity contribution in [3.63, 3.8) is 0 Å². The second-order valence-electron chi connectivity index (χ2n) is 5.40. The molecule has 3 rings (SSSR count). The Hall–Kier alpha value is 0.230. The van der Waals surface area contributed by atoms with Crippen LogP contribution in [0.5, 0.6) is 0 Å². The van der Waals surface area contributed by atoms with E-state index in [0.29, 0.717) is 11.2 Å². The Kier molecular flexibility index (Phi) is 3.43. The van der Waals surface area contributed by atoms with Crippen LogP contribution in [0.1, 0.15) is 12.8 Å². The van der Waals surface area contributed by atoms with E-state index in [2.05, 4.69) is 4.90 Å². The number of nitrogens with zero attached hydrogens (tertiary/aromatic N) is 1. The molecule has 0 aromatic rings. The van der Waals surface area contributed by atoms with Gasteiger partial charge in [-0.2, -0.15) is 11.8 Å². The Morgan fingerprint density at radius 1 is 1.38 bits per heavy atom. The first kappa shape index (κ1) is 11.3. The number of aliphatic hydroxyl groups is 1. The van der Waals surface area contributed by atoms with Crippen molar-refractivity contribution in [1.82, 2.24) is 4.90 Å². The molecule has 16 heavy (non-hydrogen) atoms. The van der Waals surface area contributed by atoms with Gasteiger partial charge in [-0.15, -0.1) is 0 Å². The van der Waals surface area contributed by atoms with E-state index >= 15 is 0 Å². The summed E-state index contributed by atoms with van der Waals surface area (Å²) >= 11 is 1.96. The normalized spacial score (nSPS) is 44.8. The Morgan fingerprint density at radius 3 is 3.06 bits per heavy atom. The summed E-state index contributed by atoms with van der Waals surface area (Å²) in [6.07, 6.45) is 2.49. The highest BCUT2D eigenvalue weighted by molar-refractivity contribution is 8.00. The molecule has 4 heteroatoms. The van der Waals surface area contributed by atoms with Crippen molar-refractivity contribution < 1.29 is 9.84 Å². The number of thioether (sulfide) groups is 1. The molecule has 4 unspecified atom stereocenters. The third-order valence-electron chi connectivity index (χ3n) is 4.13. The average molecular weight is 243 g/mol. The molecule has 3 aliphatic heterocycles. The Labute approximate surface area is 102 Å². The van der Waals surface area contributed by atoms with Gasteiger partial charge in [-0.3, -0.25) is 0 Å². The molecule has 3 heterocycles. The van der Waals surface area contributed by atoms with E-state index in [4.69, 9.17) is 4.74 Å². The molecule has 0 aromatic carbocycles. The van der Waals surface area contributed by atoms with Gasteiger partial charge in [-0.25, -0.2) is 0 Å². The van der Waals surface area contributed by atoms with Gasteiger partial charge in [0.1, 0.15) is 0 Å². The Balaban J connectivity index is 1.50. The quantitative estimate of drug-likeness (QED) is 0.778. The fourth-order valence-corrected chi connectivity index (χ4v) is 4.76. The number of ether oxygens (including phenoxy) is 1. The predicted octanol–water partition coefficient (Wildman–Crippen LogP) is 0.821. The lowest BCUT2D eigenvalue weighted by atomic mass is 10.0. The molecule has 0 bridgehead atoms. The standard InChI is InChI=1S/C12H21NO2S/c14-11-8-16-12-6-13(5-10(11)12)4-9-2-1-3-15-7-9/h9-12,14H,1-8H2. The first-order valence-electron chi connectivity index (χ1n) is 6.42. The van der Waals surface area contributed by atoms with E-state index in [1.807, 2.05) is 11.8 Å². The van der Waals surface area contributed by atoms with Crippen molar-refractivity contribution in [1.29, 1.82) is 0 Å². The molecule has 3 saturated heterocycles. The second-order valence-corrected chi connectivity index (χ2v) is 6.68. The van der Waals surface area contributed by atoms with Crippen LogP contribution in [0.4, 0.5) is 0 Å². The van der Waals surface area contributed by atoms with Crippen molar-refractivity contribution in [2.24, 2.45) is 11.8 Å². The molecule has 92 valence electrons. The minimum absolute atomic E-state index is 0.0531. The van der Waals surface area contributed by atoms with Crippen molar-refractivity contribution >= 4 is 11.8 Å². The molecule has 4 atom stereocenters. The van der Waals surface area contributed by atoms with Gasteiger partial charge in [-0.05, 0) is 18.8 Å². The molecule has 0 spiro atoms. The number of rotatable bonds is 2. The topological polar surface area (TPSA) is 32.7 Å². The lowest BCUT2D eigenvalue weighted by molar-refractivity contribution is 0.0400. The van der Waals surface area contributed by atoms with Gasteiger partial charge in [0.15, 0.2) is 0 Å². The van der Waals surface area contributed by atoms with E-state index in [1.54, 1.807) is 0 Å². The molecule has 1 N–H and O–H groups in total. The van der Waals surface area contributed by atoms with Crippen molar-refractivity contribution in [3.8, 4) is 0 Å². The van der Waals surface area contributed by atoms with Crippen LogP contribution in [-0.2, 0) is 4.74 Å². The van der Waals surface area contributed by atoms with Gasteiger partial charge in [0.25, 0.3) is 0 Å². The maximum absolute atomic E-state index is 9.85. The van der Waals surface area contributed by atoms with E-state index < -0.39 is 0 Å². The second kappa shape index (κ2) is 4.84. The van der Waals surface area contributed by atoms with Crippen LogP contribution in [-0.4, -0.2) is 60.0 Å². The van der Waals surface area contributed by atoms with Crippen LogP contribution in [0.2, 0.25) is 0 Å². The molecule has 0 saturated carbocycles. The molecule has 3 aliphatic rings. The van der Waals surface area contributed by atoms with E-state index in [1.165, 1.54) is 25.9 Å². The highest BCUT2D eigenvalue weighted by Gasteiger charge is 2.42. The zero-order chi connectivity index (χ0) is 11.0. The fraction of sp³-hybridized carbons (Fsp3) is 1.00. The number of hydrogen-bond acceptors (Lipinski definition) is 4. The number of aliphatic hydroxyl groups excluding tert-OH is 1. The lowest BCUT2D eigenvalue weighted by Crippen LogP contribution is -2.33. The highest BCUT2D eigenvalue weighted by atomic mass is 32.2. The number of likely N-dealkylation sites (tertiary alicyclic amines) is 1. The van der Waals surface area contributed by atoms with Gasteiger partial charge in [-0.1, -0.05) is 0 Å². The van der Waals surface area contributed by atoms with E-state index in [-0.39, 0.29) is 6.10 Å². The third-order valence-corrected chi connectivity index (χ3v) is 5.59. The number of hydrogen-bond donors (Lipinski definition) is 1. The van der Waals surface area contributed by atoms with E-state index in [9.17, 15) is 5.11 Å². The van der Waals surface area contributed by atoms with Gasteiger partial charge in [0.05, 0.1) is 12.7 Å². The molecular formula is C12H21NO2S. The van der Waals surface area contributed by atoms with Gasteiger partial charge < -0.3 is 14.7 Å². The summed E-state index contributed by atoms with van der Waals surface area (Å²) in [5, 5.41) is 10.5. The van der Waals surface area contributed by atoms with Crippen LogP contribution in [0.15, 0.2) is 0 Å². The summed E-state index contributed by atoms with van der Waals surface area (Å²) in [6.45, 7) is 5.37. The molecule has 0 aromatic heterocycles. The van der Waals surface area contributed by atoms with Crippen molar-refractivity contribution in [2.75, 3.05) is 38.6 Å².